The van der Waals surface area contributed by atoms with Gasteiger partial charge in [-0.15, -0.1) is 0 Å². The van der Waals surface area contributed by atoms with Crippen LogP contribution in [0.3, 0.4) is 0 Å². The number of hydrogen-bond acceptors (Lipinski definition) is 4. The van der Waals surface area contributed by atoms with Crippen LogP contribution < -0.4 is 16.6 Å². The van der Waals surface area contributed by atoms with Gasteiger partial charge in [-0.3, -0.25) is 23.5 Å². The van der Waals surface area contributed by atoms with Crippen molar-refractivity contribution < 1.29 is 9.59 Å². The van der Waals surface area contributed by atoms with Crippen molar-refractivity contribution in [3.05, 3.63) is 105 Å². The van der Waals surface area contributed by atoms with E-state index >= 15 is 0 Å². The average Bonchev–Trinajstić information content (AvgIpc) is 3.23. The van der Waals surface area contributed by atoms with E-state index in [9.17, 15) is 19.2 Å². The number of hydrogen-bond donors (Lipinski definition) is 1. The first-order valence-electron chi connectivity index (χ1n) is 11.0. The minimum absolute atomic E-state index is 0.0632. The fourth-order valence-electron chi connectivity index (χ4n) is 4.02. The average molecular weight is 447 g/mol. The predicted octanol–water partition coefficient (Wildman–Crippen LogP) is 1.54. The van der Waals surface area contributed by atoms with Gasteiger partial charge in [0.25, 0.3) is 5.56 Å². The van der Waals surface area contributed by atoms with Gasteiger partial charge in [0.2, 0.25) is 11.8 Å². The molecular weight excluding hydrogens is 420 g/mol. The number of carbonyl (C=O) groups excluding carboxylic acids is 2. The maximum atomic E-state index is 12.9. The molecule has 33 heavy (non-hydrogen) atoms. The number of carbonyl (C=O) groups is 2. The number of benzene rings is 2. The Hall–Kier alpha value is -3.94. The van der Waals surface area contributed by atoms with E-state index in [0.717, 1.165) is 22.1 Å². The molecular formula is C25H26N4O4. The SMILES string of the molecule is O=C(Cn1c(=O)ccn(Cc2ccccc2)c1=O)NC(CN1CCCC1=O)c1ccccc1. The highest BCUT2D eigenvalue weighted by molar-refractivity contribution is 5.79. The number of nitrogens with one attached hydrogen (secondary N) is 1. The van der Waals surface area contributed by atoms with Crippen LogP contribution in [0.2, 0.25) is 0 Å². The standard InChI is InChI=1S/C25H26N4O4/c30-22(26-21(20-10-5-2-6-11-20)17-27-14-7-12-23(27)31)18-29-24(32)13-15-28(25(29)33)16-19-8-3-1-4-9-19/h1-6,8-11,13,15,21H,7,12,14,16-18H2,(H,26,30). The fraction of sp³-hybridized carbons (Fsp3) is 0.280. The third kappa shape index (κ3) is 5.46. The lowest BCUT2D eigenvalue weighted by atomic mass is 10.1. The van der Waals surface area contributed by atoms with Gasteiger partial charge in [-0.1, -0.05) is 60.7 Å². The second-order valence-corrected chi connectivity index (χ2v) is 8.11. The largest absolute Gasteiger partial charge is 0.346 e. The molecule has 1 aromatic heterocycles. The van der Waals surface area contributed by atoms with Crippen LogP contribution in [0.4, 0.5) is 0 Å². The molecule has 1 saturated heterocycles. The summed E-state index contributed by atoms with van der Waals surface area (Å²) in [5, 5.41) is 2.91. The molecule has 0 radical (unpaired) electrons. The Labute approximate surface area is 191 Å². The molecule has 8 nitrogen and oxygen atoms in total. The molecule has 1 N–H and O–H groups in total. The zero-order valence-corrected chi connectivity index (χ0v) is 18.2. The minimum Gasteiger partial charge on any atom is -0.346 e. The Morgan fingerprint density at radius 1 is 0.939 bits per heavy atom. The molecule has 2 aromatic carbocycles. The van der Waals surface area contributed by atoms with E-state index in [4.69, 9.17) is 0 Å². The Kier molecular flexibility index (Phi) is 6.83. The van der Waals surface area contributed by atoms with Crippen LogP contribution in [0.25, 0.3) is 0 Å². The summed E-state index contributed by atoms with van der Waals surface area (Å²) in [5.41, 5.74) is 0.680. The first kappa shape index (κ1) is 22.3. The van der Waals surface area contributed by atoms with E-state index in [0.29, 0.717) is 26.1 Å². The van der Waals surface area contributed by atoms with Crippen LogP contribution in [-0.4, -0.2) is 38.9 Å². The second kappa shape index (κ2) is 10.1. The summed E-state index contributed by atoms with van der Waals surface area (Å²) in [5.74, 6) is -0.402. The topological polar surface area (TPSA) is 93.4 Å². The van der Waals surface area contributed by atoms with E-state index < -0.39 is 29.7 Å². The normalized spacial score (nSPS) is 14.3. The molecule has 0 bridgehead atoms. The van der Waals surface area contributed by atoms with Gasteiger partial charge < -0.3 is 10.2 Å². The number of aromatic nitrogens is 2. The van der Waals surface area contributed by atoms with Crippen molar-refractivity contribution in [1.29, 1.82) is 0 Å². The maximum Gasteiger partial charge on any atom is 0.331 e. The van der Waals surface area contributed by atoms with E-state index in [1.807, 2.05) is 60.7 Å². The van der Waals surface area contributed by atoms with Crippen LogP contribution in [0.1, 0.15) is 30.0 Å². The van der Waals surface area contributed by atoms with Gasteiger partial charge in [0.1, 0.15) is 6.54 Å². The zero-order valence-electron chi connectivity index (χ0n) is 18.2. The number of likely N-dealkylation sites (tertiary alicyclic amines) is 1. The molecule has 2 amide bonds. The highest BCUT2D eigenvalue weighted by Gasteiger charge is 2.25. The van der Waals surface area contributed by atoms with Gasteiger partial charge in [-0.05, 0) is 17.5 Å². The van der Waals surface area contributed by atoms with Crippen molar-refractivity contribution in [1.82, 2.24) is 19.4 Å². The Balaban J connectivity index is 1.52. The highest BCUT2D eigenvalue weighted by atomic mass is 16.2. The quantitative estimate of drug-likeness (QED) is 0.568. The van der Waals surface area contributed by atoms with Crippen molar-refractivity contribution in [2.75, 3.05) is 13.1 Å². The van der Waals surface area contributed by atoms with Gasteiger partial charge >= 0.3 is 5.69 Å². The molecule has 1 unspecified atom stereocenters. The van der Waals surface area contributed by atoms with Crippen LogP contribution in [0.15, 0.2) is 82.5 Å². The van der Waals surface area contributed by atoms with Crippen molar-refractivity contribution in [3.8, 4) is 0 Å². The fourth-order valence-corrected chi connectivity index (χ4v) is 4.02. The zero-order chi connectivity index (χ0) is 23.2. The number of nitrogens with zero attached hydrogens (tertiary/aromatic N) is 3. The molecule has 1 aliphatic rings. The van der Waals surface area contributed by atoms with Crippen molar-refractivity contribution in [2.45, 2.75) is 32.0 Å². The van der Waals surface area contributed by atoms with Gasteiger partial charge in [0.15, 0.2) is 0 Å². The van der Waals surface area contributed by atoms with Crippen molar-refractivity contribution >= 4 is 11.8 Å². The molecule has 1 aliphatic heterocycles. The molecule has 8 heteroatoms. The van der Waals surface area contributed by atoms with Crippen LogP contribution in [0, 0.1) is 0 Å². The molecule has 0 saturated carbocycles. The lowest BCUT2D eigenvalue weighted by Gasteiger charge is -2.25. The van der Waals surface area contributed by atoms with Crippen molar-refractivity contribution in [3.63, 3.8) is 0 Å². The van der Waals surface area contributed by atoms with Crippen LogP contribution in [-0.2, 0) is 22.7 Å². The number of amides is 2. The summed E-state index contributed by atoms with van der Waals surface area (Å²) in [6, 6.07) is 19.6. The molecule has 3 aromatic rings. The first-order valence-corrected chi connectivity index (χ1v) is 11.0. The molecule has 4 rings (SSSR count). The van der Waals surface area contributed by atoms with E-state index in [-0.39, 0.29) is 5.91 Å². The monoisotopic (exact) mass is 446 g/mol. The first-order chi connectivity index (χ1) is 16.0. The van der Waals surface area contributed by atoms with E-state index in [1.165, 1.54) is 16.8 Å². The molecule has 2 heterocycles. The molecule has 0 spiro atoms. The summed E-state index contributed by atoms with van der Waals surface area (Å²) in [6.07, 6.45) is 2.75. The molecule has 1 atom stereocenters. The van der Waals surface area contributed by atoms with Crippen LogP contribution in [0.5, 0.6) is 0 Å². The second-order valence-electron chi connectivity index (χ2n) is 8.11. The summed E-state index contributed by atoms with van der Waals surface area (Å²) >= 11 is 0. The smallest absolute Gasteiger partial charge is 0.331 e. The Bertz CT molecular complexity index is 1230. The third-order valence-corrected chi connectivity index (χ3v) is 5.75. The molecule has 1 fully saturated rings. The highest BCUT2D eigenvalue weighted by Crippen LogP contribution is 2.18. The minimum atomic E-state index is -0.549. The predicted molar refractivity (Wildman–Crippen MR) is 124 cm³/mol. The Morgan fingerprint density at radius 2 is 1.64 bits per heavy atom. The van der Waals surface area contributed by atoms with Gasteiger partial charge in [-0.2, -0.15) is 0 Å². The summed E-state index contributed by atoms with van der Waals surface area (Å²) < 4.78 is 2.34. The lowest BCUT2D eigenvalue weighted by molar-refractivity contribution is -0.129. The summed E-state index contributed by atoms with van der Waals surface area (Å²) in [4.78, 5) is 52.0. The lowest BCUT2D eigenvalue weighted by Crippen LogP contribution is -2.45. The molecule has 0 aliphatic carbocycles. The van der Waals surface area contributed by atoms with Gasteiger partial charge in [0.05, 0.1) is 12.6 Å². The van der Waals surface area contributed by atoms with E-state index in [1.54, 1.807) is 4.90 Å². The van der Waals surface area contributed by atoms with Crippen molar-refractivity contribution in [2.24, 2.45) is 0 Å². The number of rotatable bonds is 8. The molecule has 170 valence electrons. The Morgan fingerprint density at radius 3 is 2.30 bits per heavy atom. The van der Waals surface area contributed by atoms with Gasteiger partial charge in [-0.25, -0.2) is 4.79 Å². The summed E-state index contributed by atoms with van der Waals surface area (Å²) in [6.45, 7) is 0.896. The third-order valence-electron chi connectivity index (χ3n) is 5.75. The van der Waals surface area contributed by atoms with E-state index in [2.05, 4.69) is 5.32 Å². The van der Waals surface area contributed by atoms with Crippen LogP contribution >= 0.6 is 0 Å². The maximum absolute atomic E-state index is 12.9. The van der Waals surface area contributed by atoms with Gasteiger partial charge in [0, 0.05) is 31.8 Å². The summed E-state index contributed by atoms with van der Waals surface area (Å²) in [7, 11) is 0.